The van der Waals surface area contributed by atoms with Crippen LogP contribution in [0.5, 0.6) is 0 Å². The zero-order valence-electron chi connectivity index (χ0n) is 29.5. The molecular weight excluding hydrogens is 681 g/mol. The van der Waals surface area contributed by atoms with Crippen LogP contribution in [0.15, 0.2) is 146 Å². The quantitative estimate of drug-likeness (QED) is 0.190. The third-order valence-corrected chi connectivity index (χ3v) is 11.6. The van der Waals surface area contributed by atoms with Gasteiger partial charge in [0, 0.05) is 47.8 Å². The van der Waals surface area contributed by atoms with Crippen LogP contribution in [0.25, 0.3) is 92.7 Å². The Kier molecular flexibility index (Phi) is 7.97. The topological polar surface area (TPSA) is 30.7 Å². The van der Waals surface area contributed by atoms with Crippen molar-refractivity contribution in [1.29, 1.82) is 0 Å². The van der Waals surface area contributed by atoms with Crippen LogP contribution in [-0.4, -0.2) is 53.8 Å². The van der Waals surface area contributed by atoms with E-state index in [4.69, 9.17) is 49.2 Å². The van der Waals surface area contributed by atoms with Gasteiger partial charge in [0.2, 0.25) is 0 Å². The summed E-state index contributed by atoms with van der Waals surface area (Å²) in [4.78, 5) is 10.0. The van der Waals surface area contributed by atoms with E-state index in [0.717, 1.165) is 21.5 Å². The van der Waals surface area contributed by atoms with Gasteiger partial charge in [-0.05, 0) is 65.2 Å². The molecule has 3 nitrogen and oxygen atoms in total. The molecule has 0 bridgehead atoms. The molecule has 0 N–H and O–H groups in total. The SMILES string of the molecule is [B]c1c([B])c([B])c(-c2cc(-c3ccccc3)nc(-c3ccc4c(c3)sc3cc(-c5ccc6c(c5)c5ccccc5n6-c5ccccc5)ccc34)n2)c([B])c1[B]. The van der Waals surface area contributed by atoms with Crippen molar-refractivity contribution in [3.05, 3.63) is 146 Å². The summed E-state index contributed by atoms with van der Waals surface area (Å²) in [5, 5.41) is 4.82. The maximum absolute atomic E-state index is 6.51. The van der Waals surface area contributed by atoms with E-state index in [9.17, 15) is 0 Å². The molecule has 9 heteroatoms. The van der Waals surface area contributed by atoms with Gasteiger partial charge in [-0.1, -0.05) is 108 Å². The normalized spacial score (nSPS) is 11.6. The highest BCUT2D eigenvalue weighted by molar-refractivity contribution is 7.25. The highest BCUT2D eigenvalue weighted by Crippen LogP contribution is 2.40. The molecule has 55 heavy (non-hydrogen) atoms. The number of nitrogens with zero attached hydrogens (tertiary/aromatic N) is 3. The Labute approximate surface area is 329 Å². The van der Waals surface area contributed by atoms with Gasteiger partial charge in [-0.2, -0.15) is 0 Å². The zero-order chi connectivity index (χ0) is 37.4. The second-order valence-corrected chi connectivity index (χ2v) is 14.8. The van der Waals surface area contributed by atoms with Crippen LogP contribution in [-0.2, 0) is 0 Å². The number of benzene rings is 7. The number of hydrogen-bond donors (Lipinski definition) is 0. The van der Waals surface area contributed by atoms with E-state index >= 15 is 0 Å². The van der Waals surface area contributed by atoms with Gasteiger partial charge in [0.05, 0.1) is 22.4 Å². The van der Waals surface area contributed by atoms with Crippen molar-refractivity contribution in [3.63, 3.8) is 0 Å². The molecule has 0 spiro atoms. The molecule has 10 aromatic rings. The predicted molar refractivity (Wildman–Crippen MR) is 238 cm³/mol. The minimum Gasteiger partial charge on any atom is -0.309 e. The lowest BCUT2D eigenvalue weighted by molar-refractivity contribution is 1.18. The minimum atomic E-state index is 0.158. The number of hydrogen-bond acceptors (Lipinski definition) is 3. The van der Waals surface area contributed by atoms with Crippen molar-refractivity contribution in [1.82, 2.24) is 14.5 Å². The monoisotopic (exact) mass is 705 g/mol. The first-order chi connectivity index (χ1) is 26.8. The van der Waals surface area contributed by atoms with Gasteiger partial charge in [-0.3, -0.25) is 0 Å². The summed E-state index contributed by atoms with van der Waals surface area (Å²) in [6.45, 7) is 0. The Bertz CT molecular complexity index is 3130. The largest absolute Gasteiger partial charge is 0.309 e. The molecule has 0 saturated carbocycles. The molecular formula is C46H24B5N3S. The predicted octanol–water partition coefficient (Wildman–Crippen LogP) is 6.58. The molecule has 0 unspecified atom stereocenters. The van der Waals surface area contributed by atoms with Gasteiger partial charge < -0.3 is 4.57 Å². The molecule has 0 fully saturated rings. The number of rotatable bonds is 5. The van der Waals surface area contributed by atoms with Crippen LogP contribution in [0.2, 0.25) is 0 Å². The summed E-state index contributed by atoms with van der Waals surface area (Å²) in [7, 11) is 31.7. The lowest BCUT2D eigenvalue weighted by Crippen LogP contribution is -2.55. The first-order valence-electron chi connectivity index (χ1n) is 17.9. The Morgan fingerprint density at radius 1 is 0.400 bits per heavy atom. The molecule has 7 aromatic carbocycles. The second-order valence-electron chi connectivity index (χ2n) is 13.7. The second kappa shape index (κ2) is 13.1. The highest BCUT2D eigenvalue weighted by Gasteiger charge is 2.18. The van der Waals surface area contributed by atoms with Crippen molar-refractivity contribution in [2.24, 2.45) is 0 Å². The average Bonchev–Trinajstić information content (AvgIpc) is 3.77. The van der Waals surface area contributed by atoms with Gasteiger partial charge in [-0.25, -0.2) is 9.97 Å². The number of para-hydroxylation sites is 2. The van der Waals surface area contributed by atoms with E-state index in [1.807, 2.05) is 36.4 Å². The van der Waals surface area contributed by atoms with Gasteiger partial charge in [0.15, 0.2) is 5.82 Å². The van der Waals surface area contributed by atoms with Crippen molar-refractivity contribution < 1.29 is 0 Å². The molecule has 3 heterocycles. The lowest BCUT2D eigenvalue weighted by atomic mass is 9.60. The summed E-state index contributed by atoms with van der Waals surface area (Å²) in [6.07, 6.45) is 0. The summed E-state index contributed by atoms with van der Waals surface area (Å²) >= 11 is 1.75. The van der Waals surface area contributed by atoms with Gasteiger partial charge in [-0.15, -0.1) is 27.7 Å². The van der Waals surface area contributed by atoms with Gasteiger partial charge >= 0.3 is 0 Å². The summed E-state index contributed by atoms with van der Waals surface area (Å²) in [5.41, 5.74) is 10.2. The number of fused-ring (bicyclic) bond motifs is 6. The van der Waals surface area contributed by atoms with E-state index in [2.05, 4.69) is 114 Å². The Morgan fingerprint density at radius 2 is 0.945 bits per heavy atom. The van der Waals surface area contributed by atoms with E-state index in [-0.39, 0.29) is 27.3 Å². The molecule has 0 aliphatic carbocycles. The third kappa shape index (κ3) is 5.48. The van der Waals surface area contributed by atoms with E-state index in [1.165, 1.54) is 48.4 Å². The Hall–Kier alpha value is -6.04. The van der Waals surface area contributed by atoms with Crippen molar-refractivity contribution in [2.45, 2.75) is 0 Å². The average molecular weight is 705 g/mol. The van der Waals surface area contributed by atoms with E-state index in [0.29, 0.717) is 22.8 Å². The Balaban J connectivity index is 1.09. The van der Waals surface area contributed by atoms with Crippen LogP contribution in [0.4, 0.5) is 0 Å². The molecule has 0 aliphatic rings. The summed E-state index contributed by atoms with van der Waals surface area (Å²) in [5.74, 6) is 0.520. The smallest absolute Gasteiger partial charge is 0.160 e. The van der Waals surface area contributed by atoms with Crippen molar-refractivity contribution in [2.75, 3.05) is 0 Å². The third-order valence-electron chi connectivity index (χ3n) is 10.5. The molecule has 10 rings (SSSR count). The molecule has 244 valence electrons. The highest BCUT2D eigenvalue weighted by atomic mass is 32.1. The molecule has 10 radical (unpaired) electrons. The van der Waals surface area contributed by atoms with Gasteiger partial charge in [0.1, 0.15) is 39.2 Å². The lowest BCUT2D eigenvalue weighted by Gasteiger charge is -2.21. The van der Waals surface area contributed by atoms with Crippen LogP contribution >= 0.6 is 11.3 Å². The maximum Gasteiger partial charge on any atom is 0.160 e. The maximum atomic E-state index is 6.51. The molecule has 0 amide bonds. The van der Waals surface area contributed by atoms with Crippen LogP contribution in [0.1, 0.15) is 0 Å². The molecule has 0 atom stereocenters. The molecule has 3 aromatic heterocycles. The fourth-order valence-electron chi connectivity index (χ4n) is 7.69. The summed E-state index contributed by atoms with van der Waals surface area (Å²) < 4.78 is 4.67. The fraction of sp³-hybridized carbons (Fsp3) is 0. The van der Waals surface area contributed by atoms with Crippen LogP contribution < -0.4 is 27.3 Å². The minimum absolute atomic E-state index is 0.158. The standard InChI is InChI=1S/C46H24B5N3S/c47-41-40(42(48)44(50)45(51)43(41)49)35-24-34(25-9-3-1-4-10-25)52-46(53-35)28-16-19-32-31-18-15-27(22-38(31)55-39(32)23-28)26-17-20-37-33(21-26)30-13-7-8-14-36(30)54(37)29-11-5-2-6-12-29/h1-24H. The van der Waals surface area contributed by atoms with Crippen molar-refractivity contribution in [3.8, 4) is 50.7 Å². The van der Waals surface area contributed by atoms with Crippen LogP contribution in [0, 0.1) is 0 Å². The van der Waals surface area contributed by atoms with E-state index < -0.39 is 0 Å². The molecule has 0 saturated heterocycles. The summed E-state index contributed by atoms with van der Waals surface area (Å²) in [6, 6.07) is 50.8. The van der Waals surface area contributed by atoms with Crippen molar-refractivity contribution >= 4 is 120 Å². The van der Waals surface area contributed by atoms with Crippen LogP contribution in [0.3, 0.4) is 0 Å². The fourth-order valence-corrected chi connectivity index (χ4v) is 8.87. The number of aromatic nitrogens is 3. The first-order valence-corrected chi connectivity index (χ1v) is 18.7. The molecule has 0 aliphatic heterocycles. The van der Waals surface area contributed by atoms with E-state index in [1.54, 1.807) is 11.3 Å². The first kappa shape index (κ1) is 33.5. The zero-order valence-corrected chi connectivity index (χ0v) is 30.3. The number of thiophene rings is 1. The Morgan fingerprint density at radius 3 is 1.67 bits per heavy atom. The van der Waals surface area contributed by atoms with Gasteiger partial charge in [0.25, 0.3) is 0 Å².